The average molecular weight is 314 g/mol. The molecule has 0 aromatic carbocycles. The molecule has 0 unspecified atom stereocenters. The van der Waals surface area contributed by atoms with Crippen molar-refractivity contribution in [3.05, 3.63) is 0 Å². The van der Waals surface area contributed by atoms with E-state index >= 15 is 0 Å². The van der Waals surface area contributed by atoms with Crippen molar-refractivity contribution in [2.45, 2.75) is 85.0 Å². The monoisotopic (exact) mass is 314 g/mol. The van der Waals surface area contributed by atoms with Crippen LogP contribution in [0.2, 0.25) is 0 Å². The van der Waals surface area contributed by atoms with Gasteiger partial charge >= 0.3 is 11.9 Å². The highest BCUT2D eigenvalue weighted by atomic mass is 16.5. The van der Waals surface area contributed by atoms with Crippen LogP contribution in [0.1, 0.15) is 85.0 Å². The Hall–Kier alpha value is -1.06. The summed E-state index contributed by atoms with van der Waals surface area (Å²) in [5.41, 5.74) is 0. The maximum absolute atomic E-state index is 11.4. The van der Waals surface area contributed by atoms with Gasteiger partial charge in [0.25, 0.3) is 0 Å². The van der Waals surface area contributed by atoms with E-state index in [9.17, 15) is 9.59 Å². The third-order valence-electron chi connectivity index (χ3n) is 3.35. The minimum absolute atomic E-state index is 0.0682. The van der Waals surface area contributed by atoms with Gasteiger partial charge < -0.3 is 9.47 Å². The van der Waals surface area contributed by atoms with Gasteiger partial charge in [-0.1, -0.05) is 52.9 Å². The Labute approximate surface area is 135 Å². The Kier molecular flexibility index (Phi) is 14.1. The van der Waals surface area contributed by atoms with Crippen molar-refractivity contribution in [3.63, 3.8) is 0 Å². The maximum Gasteiger partial charge on any atom is 0.305 e. The molecule has 0 amide bonds. The van der Waals surface area contributed by atoms with Gasteiger partial charge in [0.2, 0.25) is 0 Å². The van der Waals surface area contributed by atoms with Crippen LogP contribution in [0.5, 0.6) is 0 Å². The molecule has 0 heterocycles. The van der Waals surface area contributed by atoms with E-state index in [1.165, 1.54) is 0 Å². The molecule has 0 spiro atoms. The van der Waals surface area contributed by atoms with Gasteiger partial charge in [0.05, 0.1) is 13.2 Å². The zero-order valence-electron chi connectivity index (χ0n) is 14.7. The fourth-order valence-electron chi connectivity index (χ4n) is 1.98. The summed E-state index contributed by atoms with van der Waals surface area (Å²) in [5.74, 6) is 0.252. The summed E-state index contributed by atoms with van der Waals surface area (Å²) >= 11 is 0. The molecule has 0 radical (unpaired) electrons. The van der Waals surface area contributed by atoms with Crippen LogP contribution in [0.4, 0.5) is 0 Å². The molecule has 0 rings (SSSR count). The first-order chi connectivity index (χ1) is 10.6. The standard InChI is InChI=1S/C18H34O4/c1-4-5-14-21-17(19)12-10-8-6-7-9-11-13-18(20)22-15-16(2)3/h16H,4-15H2,1-3H3. The number of rotatable bonds is 14. The molecular weight excluding hydrogens is 280 g/mol. The molecule has 22 heavy (non-hydrogen) atoms. The topological polar surface area (TPSA) is 52.6 Å². The molecule has 0 aromatic rings. The van der Waals surface area contributed by atoms with Crippen LogP contribution in [-0.4, -0.2) is 25.2 Å². The molecule has 0 aromatic heterocycles. The number of unbranched alkanes of at least 4 members (excludes halogenated alkanes) is 6. The fraction of sp³-hybridized carbons (Fsp3) is 0.889. The summed E-state index contributed by atoms with van der Waals surface area (Å²) in [7, 11) is 0. The van der Waals surface area contributed by atoms with Crippen LogP contribution < -0.4 is 0 Å². The first-order valence-corrected chi connectivity index (χ1v) is 8.87. The Morgan fingerprint density at radius 3 is 1.77 bits per heavy atom. The van der Waals surface area contributed by atoms with E-state index in [-0.39, 0.29) is 11.9 Å². The van der Waals surface area contributed by atoms with Gasteiger partial charge in [-0.2, -0.15) is 0 Å². The van der Waals surface area contributed by atoms with Crippen molar-refractivity contribution in [1.82, 2.24) is 0 Å². The molecule has 0 aliphatic carbocycles. The van der Waals surface area contributed by atoms with Gasteiger partial charge in [0.1, 0.15) is 0 Å². The molecule has 0 atom stereocenters. The second kappa shape index (κ2) is 14.9. The molecule has 4 heteroatoms. The molecule has 0 bridgehead atoms. The Balaban J connectivity index is 3.26. The van der Waals surface area contributed by atoms with Gasteiger partial charge in [0, 0.05) is 12.8 Å². The van der Waals surface area contributed by atoms with E-state index in [2.05, 4.69) is 6.92 Å². The average Bonchev–Trinajstić information content (AvgIpc) is 2.48. The highest BCUT2D eigenvalue weighted by molar-refractivity contribution is 5.69. The van der Waals surface area contributed by atoms with E-state index in [0.717, 1.165) is 51.4 Å². The van der Waals surface area contributed by atoms with Gasteiger partial charge in [0.15, 0.2) is 0 Å². The maximum atomic E-state index is 11.4. The van der Waals surface area contributed by atoms with E-state index in [4.69, 9.17) is 9.47 Å². The lowest BCUT2D eigenvalue weighted by Gasteiger charge is -2.07. The number of carbonyl (C=O) groups is 2. The molecule has 130 valence electrons. The SMILES string of the molecule is CCCCOC(=O)CCCCCCCCC(=O)OCC(C)C. The normalized spacial score (nSPS) is 10.7. The Bertz CT molecular complexity index is 287. The number of esters is 2. The van der Waals surface area contributed by atoms with E-state index < -0.39 is 0 Å². The quantitative estimate of drug-likeness (QED) is 0.346. The molecule has 0 saturated carbocycles. The van der Waals surface area contributed by atoms with Gasteiger partial charge in [-0.3, -0.25) is 9.59 Å². The van der Waals surface area contributed by atoms with Crippen LogP contribution in [0.15, 0.2) is 0 Å². The lowest BCUT2D eigenvalue weighted by atomic mass is 10.1. The molecule has 0 saturated heterocycles. The van der Waals surface area contributed by atoms with Crippen LogP contribution in [0.3, 0.4) is 0 Å². The van der Waals surface area contributed by atoms with Crippen LogP contribution >= 0.6 is 0 Å². The summed E-state index contributed by atoms with van der Waals surface area (Å²) in [6.45, 7) is 7.23. The molecule has 0 aliphatic rings. The first-order valence-electron chi connectivity index (χ1n) is 8.87. The summed E-state index contributed by atoms with van der Waals surface area (Å²) in [6, 6.07) is 0. The molecule has 0 fully saturated rings. The van der Waals surface area contributed by atoms with Crippen LogP contribution in [0, 0.1) is 5.92 Å². The summed E-state index contributed by atoms with van der Waals surface area (Å²) in [5, 5.41) is 0. The predicted octanol–water partition coefficient (Wildman–Crippen LogP) is 4.65. The fourth-order valence-corrected chi connectivity index (χ4v) is 1.98. The van der Waals surface area contributed by atoms with Crippen molar-refractivity contribution < 1.29 is 19.1 Å². The van der Waals surface area contributed by atoms with Crippen molar-refractivity contribution >= 4 is 11.9 Å². The van der Waals surface area contributed by atoms with Crippen molar-refractivity contribution in [3.8, 4) is 0 Å². The minimum Gasteiger partial charge on any atom is -0.466 e. The molecule has 4 nitrogen and oxygen atoms in total. The van der Waals surface area contributed by atoms with E-state index in [0.29, 0.717) is 32.0 Å². The Morgan fingerprint density at radius 1 is 0.773 bits per heavy atom. The number of hydrogen-bond donors (Lipinski definition) is 0. The van der Waals surface area contributed by atoms with E-state index in [1.54, 1.807) is 0 Å². The van der Waals surface area contributed by atoms with Crippen LogP contribution in [0.25, 0.3) is 0 Å². The second-order valence-corrected chi connectivity index (χ2v) is 6.27. The van der Waals surface area contributed by atoms with Gasteiger partial charge in [-0.25, -0.2) is 0 Å². The summed E-state index contributed by atoms with van der Waals surface area (Å²) in [6.07, 6.45) is 9.20. The van der Waals surface area contributed by atoms with E-state index in [1.807, 2.05) is 13.8 Å². The number of hydrogen-bond acceptors (Lipinski definition) is 4. The number of carbonyl (C=O) groups excluding carboxylic acids is 2. The van der Waals surface area contributed by atoms with Gasteiger partial charge in [-0.15, -0.1) is 0 Å². The number of ether oxygens (including phenoxy) is 2. The highest BCUT2D eigenvalue weighted by Gasteiger charge is 2.04. The summed E-state index contributed by atoms with van der Waals surface area (Å²) in [4.78, 5) is 22.8. The van der Waals surface area contributed by atoms with Crippen LogP contribution in [-0.2, 0) is 19.1 Å². The Morgan fingerprint density at radius 2 is 1.27 bits per heavy atom. The van der Waals surface area contributed by atoms with Gasteiger partial charge in [-0.05, 0) is 25.2 Å². The zero-order chi connectivity index (χ0) is 16.6. The third-order valence-corrected chi connectivity index (χ3v) is 3.35. The first kappa shape index (κ1) is 20.9. The molecule has 0 aliphatic heterocycles. The zero-order valence-corrected chi connectivity index (χ0v) is 14.7. The lowest BCUT2D eigenvalue weighted by molar-refractivity contribution is -0.145. The smallest absolute Gasteiger partial charge is 0.305 e. The van der Waals surface area contributed by atoms with Crippen molar-refractivity contribution in [2.75, 3.05) is 13.2 Å². The minimum atomic E-state index is -0.0801. The summed E-state index contributed by atoms with van der Waals surface area (Å²) < 4.78 is 10.2. The lowest BCUT2D eigenvalue weighted by Crippen LogP contribution is -2.09. The predicted molar refractivity (Wildman–Crippen MR) is 88.6 cm³/mol. The highest BCUT2D eigenvalue weighted by Crippen LogP contribution is 2.10. The second-order valence-electron chi connectivity index (χ2n) is 6.27. The van der Waals surface area contributed by atoms with Crippen molar-refractivity contribution in [1.29, 1.82) is 0 Å². The third kappa shape index (κ3) is 15.3. The molecule has 0 N–H and O–H groups in total. The molecular formula is C18H34O4. The largest absolute Gasteiger partial charge is 0.466 e. The van der Waals surface area contributed by atoms with Crippen molar-refractivity contribution in [2.24, 2.45) is 5.92 Å².